The zero-order chi connectivity index (χ0) is 23.8. The Morgan fingerprint density at radius 1 is 0.588 bits per heavy atom. The van der Waals surface area contributed by atoms with Gasteiger partial charge in [-0.05, 0) is 43.5 Å². The number of hydrogen-bond acceptors (Lipinski definition) is 0. The van der Waals surface area contributed by atoms with Crippen molar-refractivity contribution in [1.82, 2.24) is 0 Å². The highest BCUT2D eigenvalue weighted by atomic mass is 35.5. The minimum absolute atomic E-state index is 0.0992. The van der Waals surface area contributed by atoms with Crippen LogP contribution in [0.1, 0.15) is 26.2 Å². The van der Waals surface area contributed by atoms with Crippen LogP contribution < -0.4 is 21.2 Å². The Labute approximate surface area is 216 Å². The third-order valence-corrected chi connectivity index (χ3v) is 13.5. The van der Waals surface area contributed by atoms with E-state index in [1.54, 1.807) is 0 Å². The highest BCUT2D eigenvalue weighted by molar-refractivity contribution is 7.80. The molecule has 4 rings (SSSR count). The van der Waals surface area contributed by atoms with E-state index >= 15 is 0 Å². The molecule has 0 spiro atoms. The normalized spacial score (nSPS) is 12.7. The summed E-state index contributed by atoms with van der Waals surface area (Å²) in [6, 6.07) is 42.9. The molecule has 0 radical (unpaired) electrons. The number of halogens is 2. The molecule has 1 unspecified atom stereocenters. The molecule has 4 heteroatoms. The Balaban J connectivity index is 1.89. The molecule has 0 fully saturated rings. The summed E-state index contributed by atoms with van der Waals surface area (Å²) in [5.41, 5.74) is 0.0992. The average Bonchev–Trinajstić information content (AvgIpc) is 2.89. The van der Waals surface area contributed by atoms with E-state index in [2.05, 4.69) is 128 Å². The van der Waals surface area contributed by atoms with Crippen molar-refractivity contribution in [2.45, 2.75) is 35.9 Å². The van der Waals surface area contributed by atoms with Gasteiger partial charge in [0.25, 0.3) is 0 Å². The lowest BCUT2D eigenvalue weighted by Crippen LogP contribution is -2.39. The first-order valence-electron chi connectivity index (χ1n) is 11.8. The molecule has 0 N–H and O–H groups in total. The standard InChI is InChI=1S/C30H30Cl2P2/c1-2-3-24-29(33(25-16-8-4-9-17-25)26-18-10-5-11-19-26)30(31,32)34(27-20-12-6-13-21-27)28-22-14-7-15-23-28/h4-23,29H,2-3,24H2,1H3. The van der Waals surface area contributed by atoms with Crippen LogP contribution >= 0.6 is 39.0 Å². The average molecular weight is 523 g/mol. The van der Waals surface area contributed by atoms with Crippen LogP contribution in [0.5, 0.6) is 0 Å². The molecule has 0 nitrogen and oxygen atoms in total. The molecular formula is C30H30Cl2P2. The van der Waals surface area contributed by atoms with Gasteiger partial charge in [0.2, 0.25) is 0 Å². The third-order valence-electron chi connectivity index (χ3n) is 5.94. The Kier molecular flexibility index (Phi) is 9.22. The van der Waals surface area contributed by atoms with Gasteiger partial charge in [-0.2, -0.15) is 0 Å². The molecule has 0 amide bonds. The molecule has 0 saturated carbocycles. The molecule has 0 aromatic heterocycles. The van der Waals surface area contributed by atoms with Gasteiger partial charge in [-0.15, -0.1) is 0 Å². The van der Waals surface area contributed by atoms with Crippen molar-refractivity contribution in [2.75, 3.05) is 0 Å². The molecule has 0 heterocycles. The molecule has 174 valence electrons. The molecule has 4 aromatic rings. The van der Waals surface area contributed by atoms with E-state index in [0.29, 0.717) is 0 Å². The van der Waals surface area contributed by atoms with E-state index in [9.17, 15) is 0 Å². The van der Waals surface area contributed by atoms with Gasteiger partial charge in [0.1, 0.15) is 0 Å². The van der Waals surface area contributed by atoms with Crippen LogP contribution in [0.25, 0.3) is 0 Å². The van der Waals surface area contributed by atoms with Gasteiger partial charge in [-0.3, -0.25) is 0 Å². The Morgan fingerprint density at radius 2 is 0.941 bits per heavy atom. The van der Waals surface area contributed by atoms with Gasteiger partial charge in [0.05, 0.1) is 0 Å². The van der Waals surface area contributed by atoms with E-state index in [0.717, 1.165) is 19.3 Å². The van der Waals surface area contributed by atoms with E-state index in [1.165, 1.54) is 21.2 Å². The smallest absolute Gasteiger partial charge is 0.0951 e. The third kappa shape index (κ3) is 5.93. The number of hydrogen-bond donors (Lipinski definition) is 0. The minimum atomic E-state index is -1.02. The van der Waals surface area contributed by atoms with Gasteiger partial charge < -0.3 is 0 Å². The monoisotopic (exact) mass is 522 g/mol. The van der Waals surface area contributed by atoms with Crippen LogP contribution in [0, 0.1) is 0 Å². The van der Waals surface area contributed by atoms with E-state index in [4.69, 9.17) is 23.2 Å². The summed E-state index contributed by atoms with van der Waals surface area (Å²) in [7, 11) is -1.79. The summed E-state index contributed by atoms with van der Waals surface area (Å²) < 4.78 is -0.940. The maximum Gasteiger partial charge on any atom is 0.152 e. The molecule has 0 bridgehead atoms. The Bertz CT molecular complexity index is 1040. The lowest BCUT2D eigenvalue weighted by molar-refractivity contribution is 0.687. The van der Waals surface area contributed by atoms with Crippen molar-refractivity contribution >= 4 is 60.3 Å². The zero-order valence-electron chi connectivity index (χ0n) is 19.4. The molecule has 0 aliphatic rings. The maximum absolute atomic E-state index is 7.68. The van der Waals surface area contributed by atoms with Crippen molar-refractivity contribution in [1.29, 1.82) is 0 Å². The second-order valence-corrected chi connectivity index (χ2v) is 15.0. The van der Waals surface area contributed by atoms with Gasteiger partial charge >= 0.3 is 0 Å². The van der Waals surface area contributed by atoms with Crippen LogP contribution in [-0.2, 0) is 0 Å². The molecule has 4 aromatic carbocycles. The summed E-state index contributed by atoms with van der Waals surface area (Å²) in [6.07, 6.45) is 3.19. The van der Waals surface area contributed by atoms with Crippen LogP contribution in [0.2, 0.25) is 0 Å². The summed E-state index contributed by atoms with van der Waals surface area (Å²) in [6.45, 7) is 2.24. The van der Waals surface area contributed by atoms with Crippen molar-refractivity contribution in [3.05, 3.63) is 121 Å². The summed E-state index contributed by atoms with van der Waals surface area (Å²) in [4.78, 5) is 0. The lowest BCUT2D eigenvalue weighted by Gasteiger charge is -2.42. The van der Waals surface area contributed by atoms with E-state index in [1.807, 2.05) is 0 Å². The van der Waals surface area contributed by atoms with Gasteiger partial charge in [-0.25, -0.2) is 0 Å². The number of rotatable bonds is 10. The largest absolute Gasteiger partial charge is 0.152 e. The molecule has 34 heavy (non-hydrogen) atoms. The molecular weight excluding hydrogens is 493 g/mol. The highest BCUT2D eigenvalue weighted by Crippen LogP contribution is 2.64. The predicted octanol–water partition coefficient (Wildman–Crippen LogP) is 7.94. The molecule has 0 aliphatic carbocycles. The minimum Gasteiger partial charge on any atom is -0.0951 e. The first-order valence-corrected chi connectivity index (χ1v) is 15.3. The fourth-order valence-corrected chi connectivity index (χ4v) is 12.1. The first kappa shape index (κ1) is 25.4. The molecule has 1 atom stereocenters. The summed E-state index contributed by atoms with van der Waals surface area (Å²) >= 11 is 15.4. The zero-order valence-corrected chi connectivity index (χ0v) is 22.7. The topological polar surface area (TPSA) is 0 Å². The first-order chi connectivity index (χ1) is 16.6. The van der Waals surface area contributed by atoms with Crippen LogP contribution in [0.15, 0.2) is 121 Å². The van der Waals surface area contributed by atoms with Crippen molar-refractivity contribution in [3.63, 3.8) is 0 Å². The second-order valence-electron chi connectivity index (χ2n) is 8.29. The quantitative estimate of drug-likeness (QED) is 0.146. The van der Waals surface area contributed by atoms with Gasteiger partial charge in [0.15, 0.2) is 4.07 Å². The predicted molar refractivity (Wildman–Crippen MR) is 156 cm³/mol. The second kappa shape index (κ2) is 12.3. The van der Waals surface area contributed by atoms with Gasteiger partial charge in [-0.1, -0.05) is 164 Å². The van der Waals surface area contributed by atoms with Crippen molar-refractivity contribution in [3.8, 4) is 0 Å². The van der Waals surface area contributed by atoms with Crippen LogP contribution in [0.3, 0.4) is 0 Å². The maximum atomic E-state index is 7.68. The SMILES string of the molecule is CCCCC(P(c1ccccc1)c1ccccc1)C(Cl)(Cl)P(c1ccccc1)c1ccccc1. The fourth-order valence-electron chi connectivity index (χ4n) is 4.34. The Hall–Kier alpha value is -1.68. The van der Waals surface area contributed by atoms with E-state index < -0.39 is 19.9 Å². The lowest BCUT2D eigenvalue weighted by atomic mass is 10.2. The number of alkyl halides is 2. The van der Waals surface area contributed by atoms with Crippen molar-refractivity contribution < 1.29 is 0 Å². The van der Waals surface area contributed by atoms with E-state index in [-0.39, 0.29) is 5.66 Å². The fraction of sp³-hybridized carbons (Fsp3) is 0.200. The summed E-state index contributed by atoms with van der Waals surface area (Å²) in [5.74, 6) is 0. The Morgan fingerprint density at radius 3 is 1.29 bits per heavy atom. The van der Waals surface area contributed by atoms with Gasteiger partial charge in [0, 0.05) is 5.66 Å². The summed E-state index contributed by atoms with van der Waals surface area (Å²) in [5, 5.41) is 5.08. The number of benzene rings is 4. The number of unbranched alkanes of at least 4 members (excludes halogenated alkanes) is 1. The van der Waals surface area contributed by atoms with Crippen molar-refractivity contribution in [2.24, 2.45) is 0 Å². The van der Waals surface area contributed by atoms with Crippen LogP contribution in [-0.4, -0.2) is 9.73 Å². The van der Waals surface area contributed by atoms with Crippen LogP contribution in [0.4, 0.5) is 0 Å². The highest BCUT2D eigenvalue weighted by Gasteiger charge is 2.47. The molecule has 0 aliphatic heterocycles. The molecule has 0 saturated heterocycles.